The van der Waals surface area contributed by atoms with Gasteiger partial charge in [0.05, 0.1) is 18.8 Å². The summed E-state index contributed by atoms with van der Waals surface area (Å²) in [4.78, 5) is 10.1. The predicted molar refractivity (Wildman–Crippen MR) is 75.7 cm³/mol. The first-order valence-corrected chi connectivity index (χ1v) is 6.68. The molecule has 21 heavy (non-hydrogen) atoms. The molecule has 3 rings (SSSR count). The number of aliphatic hydroxyl groups excluding tert-OH is 1. The van der Waals surface area contributed by atoms with Gasteiger partial charge in [-0.3, -0.25) is 4.98 Å². The van der Waals surface area contributed by atoms with Crippen molar-refractivity contribution in [2.45, 2.75) is 18.9 Å². The number of nitrogens with zero attached hydrogens (tertiary/aromatic N) is 6. The molecule has 0 saturated carbocycles. The molecule has 1 aliphatic heterocycles. The molecule has 1 unspecified atom stereocenters. The summed E-state index contributed by atoms with van der Waals surface area (Å²) < 4.78 is 1.41. The fraction of sp³-hybridized carbons (Fsp3) is 0.385. The van der Waals surface area contributed by atoms with E-state index in [4.69, 9.17) is 5.73 Å². The number of aromatic nitrogens is 4. The van der Waals surface area contributed by atoms with Crippen molar-refractivity contribution >= 4 is 11.6 Å². The van der Waals surface area contributed by atoms with Crippen LogP contribution in [-0.4, -0.2) is 44.0 Å². The summed E-state index contributed by atoms with van der Waals surface area (Å²) in [6.07, 6.45) is 6.45. The van der Waals surface area contributed by atoms with Crippen molar-refractivity contribution in [3.05, 3.63) is 24.2 Å². The molecule has 3 N–H and O–H groups in total. The largest absolute Gasteiger partial charge is 0.394 e. The minimum absolute atomic E-state index is 0.0262. The number of nitrogens with two attached hydrogens (primary N) is 1. The molecule has 0 aromatic carbocycles. The van der Waals surface area contributed by atoms with Crippen molar-refractivity contribution in [1.82, 2.24) is 19.7 Å². The molecule has 2 aromatic heterocycles. The van der Waals surface area contributed by atoms with E-state index in [-0.39, 0.29) is 18.5 Å². The maximum Gasteiger partial charge on any atom is 0.174 e. The Morgan fingerprint density at radius 3 is 3.00 bits per heavy atom. The molecule has 0 aliphatic carbocycles. The molecule has 1 fully saturated rings. The van der Waals surface area contributed by atoms with E-state index in [1.165, 1.54) is 17.1 Å². The number of hydrogen-bond acceptors (Lipinski definition) is 7. The monoisotopic (exact) mass is 285 g/mol. The van der Waals surface area contributed by atoms with E-state index in [0.29, 0.717) is 17.2 Å². The molecule has 1 atom stereocenters. The Kier molecular flexibility index (Phi) is 3.41. The van der Waals surface area contributed by atoms with Crippen molar-refractivity contribution in [3.63, 3.8) is 0 Å². The average Bonchev–Trinajstić information content (AvgIpc) is 3.11. The van der Waals surface area contributed by atoms with Gasteiger partial charge in [-0.1, -0.05) is 0 Å². The van der Waals surface area contributed by atoms with Crippen LogP contribution in [0.3, 0.4) is 0 Å². The van der Waals surface area contributed by atoms with Gasteiger partial charge in [-0.2, -0.15) is 9.94 Å². The van der Waals surface area contributed by atoms with Crippen molar-refractivity contribution in [2.24, 2.45) is 0 Å². The van der Waals surface area contributed by atoms with E-state index in [0.717, 1.165) is 19.4 Å². The van der Waals surface area contributed by atoms with Crippen molar-refractivity contribution in [2.75, 3.05) is 23.8 Å². The van der Waals surface area contributed by atoms with Crippen LogP contribution in [0.5, 0.6) is 0 Å². The highest BCUT2D eigenvalue weighted by atomic mass is 16.3. The molecular formula is C13H15N7O. The van der Waals surface area contributed by atoms with Crippen LogP contribution in [0, 0.1) is 11.3 Å². The van der Waals surface area contributed by atoms with E-state index >= 15 is 0 Å². The number of nitrogen functional groups attached to an aromatic ring is 1. The molecule has 1 aliphatic rings. The third kappa shape index (κ3) is 2.17. The lowest BCUT2D eigenvalue weighted by molar-refractivity contribution is 0.266. The highest BCUT2D eigenvalue weighted by Gasteiger charge is 2.30. The van der Waals surface area contributed by atoms with Gasteiger partial charge in [0.15, 0.2) is 11.6 Å². The summed E-state index contributed by atoms with van der Waals surface area (Å²) >= 11 is 0. The van der Waals surface area contributed by atoms with Gasteiger partial charge >= 0.3 is 0 Å². The Morgan fingerprint density at radius 2 is 2.33 bits per heavy atom. The second kappa shape index (κ2) is 5.38. The standard InChI is InChI=1S/C13H15N7O/c14-6-10-12(15)20(11-7-16-3-4-17-11)18-13(10)19-5-1-2-9(19)8-21/h3-4,7,9,21H,1-2,5,8,15H2. The van der Waals surface area contributed by atoms with Crippen LogP contribution < -0.4 is 10.6 Å². The molecule has 2 aromatic rings. The molecule has 0 spiro atoms. The minimum atomic E-state index is -0.0262. The van der Waals surface area contributed by atoms with Crippen LogP contribution in [0.2, 0.25) is 0 Å². The summed E-state index contributed by atoms with van der Waals surface area (Å²) in [6, 6.07) is 2.07. The zero-order valence-corrected chi connectivity index (χ0v) is 11.3. The highest BCUT2D eigenvalue weighted by molar-refractivity contribution is 5.67. The van der Waals surface area contributed by atoms with Gasteiger partial charge in [0.25, 0.3) is 0 Å². The summed E-state index contributed by atoms with van der Waals surface area (Å²) in [5, 5.41) is 23.2. The summed E-state index contributed by atoms with van der Waals surface area (Å²) in [5.74, 6) is 1.19. The first kappa shape index (κ1) is 13.3. The van der Waals surface area contributed by atoms with E-state index in [1.54, 1.807) is 6.20 Å². The van der Waals surface area contributed by atoms with E-state index in [9.17, 15) is 10.4 Å². The number of nitriles is 1. The van der Waals surface area contributed by atoms with Crippen molar-refractivity contribution < 1.29 is 5.11 Å². The Bertz CT molecular complexity index is 676. The van der Waals surface area contributed by atoms with Gasteiger partial charge in [-0.05, 0) is 12.8 Å². The van der Waals surface area contributed by atoms with E-state index < -0.39 is 0 Å². The van der Waals surface area contributed by atoms with Crippen molar-refractivity contribution in [1.29, 1.82) is 5.26 Å². The molecule has 0 amide bonds. The molecule has 3 heterocycles. The fourth-order valence-electron chi connectivity index (χ4n) is 2.61. The molecule has 1 saturated heterocycles. The highest BCUT2D eigenvalue weighted by Crippen LogP contribution is 2.31. The van der Waals surface area contributed by atoms with Crippen LogP contribution >= 0.6 is 0 Å². The molecule has 0 radical (unpaired) electrons. The first-order valence-electron chi connectivity index (χ1n) is 6.68. The van der Waals surface area contributed by atoms with Gasteiger partial charge < -0.3 is 15.7 Å². The summed E-state index contributed by atoms with van der Waals surface area (Å²) in [5.41, 5.74) is 6.33. The van der Waals surface area contributed by atoms with Gasteiger partial charge in [0.1, 0.15) is 17.5 Å². The predicted octanol–water partition coefficient (Wildman–Crippen LogP) is 0.0773. The second-order valence-electron chi connectivity index (χ2n) is 4.84. The van der Waals surface area contributed by atoms with Crippen molar-refractivity contribution in [3.8, 4) is 11.9 Å². The van der Waals surface area contributed by atoms with Gasteiger partial charge in [-0.25, -0.2) is 4.98 Å². The SMILES string of the molecule is N#Cc1c(N2CCCC2CO)nn(-c2cnccn2)c1N. The third-order valence-electron chi connectivity index (χ3n) is 3.64. The van der Waals surface area contributed by atoms with Crippen LogP contribution in [0.25, 0.3) is 5.82 Å². The first-order chi connectivity index (χ1) is 10.3. The topological polar surface area (TPSA) is 117 Å². The lowest BCUT2D eigenvalue weighted by atomic mass is 10.2. The lowest BCUT2D eigenvalue weighted by Crippen LogP contribution is -2.33. The normalized spacial score (nSPS) is 17.9. The Labute approximate surface area is 121 Å². The van der Waals surface area contributed by atoms with Gasteiger partial charge in [0.2, 0.25) is 0 Å². The van der Waals surface area contributed by atoms with Crippen LogP contribution in [0.15, 0.2) is 18.6 Å². The molecular weight excluding hydrogens is 270 g/mol. The van der Waals surface area contributed by atoms with Crippen LogP contribution in [0.4, 0.5) is 11.6 Å². The van der Waals surface area contributed by atoms with E-state index in [1.807, 2.05) is 4.90 Å². The Morgan fingerprint density at radius 1 is 1.48 bits per heavy atom. The number of aliphatic hydroxyl groups is 1. The maximum atomic E-state index is 9.44. The third-order valence-corrected chi connectivity index (χ3v) is 3.64. The minimum Gasteiger partial charge on any atom is -0.394 e. The molecule has 8 heteroatoms. The maximum absolute atomic E-state index is 9.44. The smallest absolute Gasteiger partial charge is 0.174 e. The zero-order valence-electron chi connectivity index (χ0n) is 11.3. The van der Waals surface area contributed by atoms with Gasteiger partial charge in [-0.15, -0.1) is 5.10 Å². The summed E-state index contributed by atoms with van der Waals surface area (Å²) in [7, 11) is 0. The molecule has 8 nitrogen and oxygen atoms in total. The van der Waals surface area contributed by atoms with Crippen LogP contribution in [0.1, 0.15) is 18.4 Å². The molecule has 0 bridgehead atoms. The zero-order chi connectivity index (χ0) is 14.8. The fourth-order valence-corrected chi connectivity index (χ4v) is 2.61. The second-order valence-corrected chi connectivity index (χ2v) is 4.84. The number of hydrogen-bond donors (Lipinski definition) is 2. The van der Waals surface area contributed by atoms with E-state index in [2.05, 4.69) is 21.1 Å². The Hall–Kier alpha value is -2.66. The lowest BCUT2D eigenvalue weighted by Gasteiger charge is -2.22. The Balaban J connectivity index is 2.08. The molecule has 108 valence electrons. The number of anilines is 2. The quantitative estimate of drug-likeness (QED) is 0.819. The average molecular weight is 285 g/mol. The summed E-state index contributed by atoms with van der Waals surface area (Å²) in [6.45, 7) is 0.777. The van der Waals surface area contributed by atoms with Crippen LogP contribution in [-0.2, 0) is 0 Å². The number of rotatable bonds is 3. The van der Waals surface area contributed by atoms with Gasteiger partial charge in [0, 0.05) is 18.9 Å².